The number of aromatic nitrogens is 2. The summed E-state index contributed by atoms with van der Waals surface area (Å²) in [5.41, 5.74) is 7.10. The van der Waals surface area contributed by atoms with Gasteiger partial charge in [0.05, 0.1) is 19.4 Å². The van der Waals surface area contributed by atoms with E-state index in [4.69, 9.17) is 10.5 Å². The molecule has 7 heteroatoms. The van der Waals surface area contributed by atoms with Crippen LogP contribution in [-0.4, -0.2) is 29.2 Å². The van der Waals surface area contributed by atoms with Gasteiger partial charge in [-0.25, -0.2) is 9.78 Å². The summed E-state index contributed by atoms with van der Waals surface area (Å²) in [5, 5.41) is 0. The zero-order valence-electron chi connectivity index (χ0n) is 14.3. The number of carbonyl (C=O) groups is 1. The molecule has 128 valence electrons. The number of nitrogens with two attached hydrogens (primary N) is 1. The molecule has 2 N–H and O–H groups in total. The van der Waals surface area contributed by atoms with E-state index in [0.717, 1.165) is 23.3 Å². The summed E-state index contributed by atoms with van der Waals surface area (Å²) in [4.78, 5) is 28.4. The van der Waals surface area contributed by atoms with E-state index in [9.17, 15) is 9.59 Å². The maximum atomic E-state index is 12.7. The molecule has 0 radical (unpaired) electrons. The largest absolute Gasteiger partial charge is 0.494 e. The van der Waals surface area contributed by atoms with Crippen molar-refractivity contribution in [3.8, 4) is 11.4 Å². The van der Waals surface area contributed by atoms with Crippen molar-refractivity contribution in [1.82, 2.24) is 9.55 Å². The molecule has 2 aromatic rings. The first-order valence-corrected chi connectivity index (χ1v) is 7.60. The molecule has 0 atom stereocenters. The summed E-state index contributed by atoms with van der Waals surface area (Å²) in [7, 11) is 1.19. The Morgan fingerprint density at radius 3 is 2.46 bits per heavy atom. The number of esters is 1. The molecule has 1 aromatic heterocycles. The van der Waals surface area contributed by atoms with E-state index in [2.05, 4.69) is 9.72 Å². The first-order valence-electron chi connectivity index (χ1n) is 7.60. The average Bonchev–Trinajstić information content (AvgIpc) is 2.54. The zero-order valence-corrected chi connectivity index (χ0v) is 14.3. The molecule has 7 nitrogen and oxygen atoms in total. The normalized spacial score (nSPS) is 10.5. The molecule has 1 aromatic carbocycles. The van der Waals surface area contributed by atoms with Gasteiger partial charge in [0.2, 0.25) is 0 Å². The molecule has 1 heterocycles. The molecule has 0 fully saturated rings. The minimum atomic E-state index is -0.808. The van der Waals surface area contributed by atoms with E-state index in [1.165, 1.54) is 18.0 Å². The number of hydrogen-bond acceptors (Lipinski definition) is 6. The molecule has 0 saturated heterocycles. The fourth-order valence-corrected chi connectivity index (χ4v) is 2.52. The SMILES string of the molecule is CCCOc1cc(C)c(-n2cnc(N)c(C(=O)OC)c2=O)c(C)c1. The summed E-state index contributed by atoms with van der Waals surface area (Å²) < 4.78 is 11.6. The number of nitrogens with zero attached hydrogens (tertiary/aromatic N) is 2. The maximum absolute atomic E-state index is 12.7. The summed E-state index contributed by atoms with van der Waals surface area (Å²) in [5.74, 6) is -0.223. The zero-order chi connectivity index (χ0) is 17.9. The van der Waals surface area contributed by atoms with Crippen molar-refractivity contribution in [3.05, 3.63) is 45.5 Å². The molecule has 0 amide bonds. The first-order chi connectivity index (χ1) is 11.4. The van der Waals surface area contributed by atoms with Crippen LogP contribution in [0.25, 0.3) is 5.69 Å². The Hall–Kier alpha value is -2.83. The van der Waals surface area contributed by atoms with Crippen LogP contribution in [0.15, 0.2) is 23.3 Å². The van der Waals surface area contributed by atoms with Crippen molar-refractivity contribution in [3.63, 3.8) is 0 Å². The molecule has 0 aliphatic carbocycles. The topological polar surface area (TPSA) is 96.4 Å². The highest BCUT2D eigenvalue weighted by Crippen LogP contribution is 2.24. The van der Waals surface area contributed by atoms with Gasteiger partial charge in [0.25, 0.3) is 5.56 Å². The first kappa shape index (κ1) is 17.5. The Kier molecular flexibility index (Phi) is 5.23. The number of ether oxygens (including phenoxy) is 2. The number of aryl methyl sites for hydroxylation is 2. The monoisotopic (exact) mass is 331 g/mol. The maximum Gasteiger partial charge on any atom is 0.347 e. The standard InChI is InChI=1S/C17H21N3O4/c1-5-6-24-12-7-10(2)14(11(3)8-12)20-9-19-15(18)13(16(20)21)17(22)23-4/h7-9H,5-6,18H2,1-4H3. The fraction of sp³-hybridized carbons (Fsp3) is 0.353. The predicted molar refractivity (Wildman–Crippen MR) is 90.8 cm³/mol. The third kappa shape index (κ3) is 3.24. The number of carbonyl (C=O) groups excluding carboxylic acids is 1. The van der Waals surface area contributed by atoms with Crippen LogP contribution in [0, 0.1) is 13.8 Å². The van der Waals surface area contributed by atoms with Gasteiger partial charge in [-0.05, 0) is 43.5 Å². The lowest BCUT2D eigenvalue weighted by Crippen LogP contribution is -2.29. The highest BCUT2D eigenvalue weighted by atomic mass is 16.5. The molecule has 24 heavy (non-hydrogen) atoms. The minimum absolute atomic E-state index is 0.152. The quantitative estimate of drug-likeness (QED) is 0.842. The van der Waals surface area contributed by atoms with Crippen molar-refractivity contribution < 1.29 is 14.3 Å². The number of nitrogen functional groups attached to an aromatic ring is 1. The van der Waals surface area contributed by atoms with Gasteiger partial charge in [-0.15, -0.1) is 0 Å². The van der Waals surface area contributed by atoms with E-state index < -0.39 is 11.5 Å². The Balaban J connectivity index is 2.61. The van der Waals surface area contributed by atoms with Crippen molar-refractivity contribution in [2.24, 2.45) is 0 Å². The van der Waals surface area contributed by atoms with Crippen LogP contribution in [0.1, 0.15) is 34.8 Å². The van der Waals surface area contributed by atoms with Crippen molar-refractivity contribution in [2.45, 2.75) is 27.2 Å². The fourth-order valence-electron chi connectivity index (χ4n) is 2.52. The third-order valence-electron chi connectivity index (χ3n) is 3.57. The van der Waals surface area contributed by atoms with Gasteiger partial charge in [0.1, 0.15) is 17.9 Å². The van der Waals surface area contributed by atoms with E-state index in [-0.39, 0.29) is 11.4 Å². The number of benzene rings is 1. The number of anilines is 1. The van der Waals surface area contributed by atoms with Gasteiger partial charge in [-0.1, -0.05) is 6.92 Å². The summed E-state index contributed by atoms with van der Waals surface area (Å²) in [6.45, 7) is 6.37. The number of hydrogen-bond donors (Lipinski definition) is 1. The van der Waals surface area contributed by atoms with Gasteiger partial charge in [0.15, 0.2) is 5.56 Å². The second-order valence-electron chi connectivity index (χ2n) is 5.43. The highest BCUT2D eigenvalue weighted by Gasteiger charge is 2.20. The second-order valence-corrected chi connectivity index (χ2v) is 5.43. The molecule has 0 saturated carbocycles. The van der Waals surface area contributed by atoms with E-state index in [0.29, 0.717) is 12.3 Å². The van der Waals surface area contributed by atoms with E-state index in [1.807, 2.05) is 32.9 Å². The van der Waals surface area contributed by atoms with Crippen LogP contribution < -0.4 is 16.0 Å². The van der Waals surface area contributed by atoms with Crippen molar-refractivity contribution in [1.29, 1.82) is 0 Å². The van der Waals surface area contributed by atoms with Crippen LogP contribution in [0.5, 0.6) is 5.75 Å². The van der Waals surface area contributed by atoms with Gasteiger partial charge in [0, 0.05) is 0 Å². The van der Waals surface area contributed by atoms with E-state index in [1.54, 1.807) is 0 Å². The van der Waals surface area contributed by atoms with Crippen molar-refractivity contribution in [2.75, 3.05) is 19.5 Å². The highest BCUT2D eigenvalue weighted by molar-refractivity contribution is 5.93. The van der Waals surface area contributed by atoms with E-state index >= 15 is 0 Å². The molecule has 0 unspecified atom stereocenters. The van der Waals surface area contributed by atoms with Crippen molar-refractivity contribution >= 4 is 11.8 Å². The van der Waals surface area contributed by atoms with Crippen LogP contribution in [0.2, 0.25) is 0 Å². The lowest BCUT2D eigenvalue weighted by Gasteiger charge is -2.16. The molecule has 2 rings (SSSR count). The van der Waals surface area contributed by atoms with Gasteiger partial charge in [-0.3, -0.25) is 9.36 Å². The molecule has 0 bridgehead atoms. The molecule has 0 aliphatic heterocycles. The van der Waals surface area contributed by atoms with Crippen LogP contribution in [-0.2, 0) is 4.74 Å². The van der Waals surface area contributed by atoms with Crippen LogP contribution in [0.4, 0.5) is 5.82 Å². The number of rotatable bonds is 5. The van der Waals surface area contributed by atoms with Gasteiger partial charge in [-0.2, -0.15) is 0 Å². The smallest absolute Gasteiger partial charge is 0.347 e. The molecular formula is C17H21N3O4. The lowest BCUT2D eigenvalue weighted by atomic mass is 10.1. The number of methoxy groups -OCH3 is 1. The summed E-state index contributed by atoms with van der Waals surface area (Å²) >= 11 is 0. The Morgan fingerprint density at radius 1 is 1.29 bits per heavy atom. The summed E-state index contributed by atoms with van der Waals surface area (Å²) in [6, 6.07) is 3.69. The molecule has 0 aliphatic rings. The Labute approximate surface area is 140 Å². The predicted octanol–water partition coefficient (Wildman–Crippen LogP) is 2.01. The van der Waals surface area contributed by atoms with Gasteiger partial charge >= 0.3 is 5.97 Å². The minimum Gasteiger partial charge on any atom is -0.494 e. The Morgan fingerprint density at radius 2 is 1.92 bits per heavy atom. The lowest BCUT2D eigenvalue weighted by molar-refractivity contribution is 0.0599. The van der Waals surface area contributed by atoms with Crippen LogP contribution >= 0.6 is 0 Å². The molecule has 0 spiro atoms. The van der Waals surface area contributed by atoms with Gasteiger partial charge < -0.3 is 15.2 Å². The molecular weight excluding hydrogens is 310 g/mol. The average molecular weight is 331 g/mol. The third-order valence-corrected chi connectivity index (χ3v) is 3.57. The second kappa shape index (κ2) is 7.16. The summed E-state index contributed by atoms with van der Waals surface area (Å²) in [6.07, 6.45) is 2.22. The van der Waals surface area contributed by atoms with Crippen LogP contribution in [0.3, 0.4) is 0 Å². The Bertz CT molecular complexity index is 804.